The molecule has 0 aromatic rings. The molecule has 0 saturated carbocycles. The van der Waals surface area contributed by atoms with E-state index in [4.69, 9.17) is 0 Å². The summed E-state index contributed by atoms with van der Waals surface area (Å²) in [6, 6.07) is 0.495. The quantitative estimate of drug-likeness (QED) is 0.758. The van der Waals surface area contributed by atoms with Crippen LogP contribution in [0.15, 0.2) is 0 Å². The van der Waals surface area contributed by atoms with Gasteiger partial charge < -0.3 is 10.2 Å². The van der Waals surface area contributed by atoms with Crippen molar-refractivity contribution < 1.29 is 4.79 Å². The molecule has 2 fully saturated rings. The van der Waals surface area contributed by atoms with E-state index in [0.29, 0.717) is 17.9 Å². The zero-order chi connectivity index (χ0) is 12.5. The molecule has 2 saturated heterocycles. The Labute approximate surface area is 105 Å². The molecule has 0 aliphatic carbocycles. The molecule has 2 unspecified atom stereocenters. The summed E-state index contributed by atoms with van der Waals surface area (Å²) >= 11 is 0. The highest BCUT2D eigenvalue weighted by molar-refractivity contribution is 5.82. The maximum absolute atomic E-state index is 12.4. The van der Waals surface area contributed by atoms with Crippen LogP contribution in [0.1, 0.15) is 46.5 Å². The number of carbonyl (C=O) groups is 1. The SMILES string of the molecule is CC(C)(C)C(=O)N1CCCC1C1CCCNC1. The summed E-state index contributed by atoms with van der Waals surface area (Å²) in [7, 11) is 0. The standard InChI is InChI=1S/C14H26N2O/c1-14(2,3)13(17)16-9-5-7-12(16)11-6-4-8-15-10-11/h11-12,15H,4-10H2,1-3H3. The summed E-state index contributed by atoms with van der Waals surface area (Å²) in [5.41, 5.74) is -0.231. The van der Waals surface area contributed by atoms with E-state index < -0.39 is 0 Å². The molecule has 0 radical (unpaired) electrons. The lowest BCUT2D eigenvalue weighted by molar-refractivity contribution is -0.141. The smallest absolute Gasteiger partial charge is 0.228 e. The fourth-order valence-electron chi connectivity index (χ4n) is 3.17. The Hall–Kier alpha value is -0.570. The van der Waals surface area contributed by atoms with Crippen LogP contribution in [-0.4, -0.2) is 36.5 Å². The van der Waals surface area contributed by atoms with Crippen molar-refractivity contribution in [2.45, 2.75) is 52.5 Å². The van der Waals surface area contributed by atoms with Gasteiger partial charge >= 0.3 is 0 Å². The monoisotopic (exact) mass is 238 g/mol. The molecule has 1 amide bonds. The summed E-state index contributed by atoms with van der Waals surface area (Å²) < 4.78 is 0. The Morgan fingerprint density at radius 1 is 1.24 bits per heavy atom. The summed E-state index contributed by atoms with van der Waals surface area (Å²) in [5.74, 6) is 1.02. The molecule has 2 aliphatic heterocycles. The van der Waals surface area contributed by atoms with Crippen molar-refractivity contribution in [3.63, 3.8) is 0 Å². The van der Waals surface area contributed by atoms with E-state index in [1.54, 1.807) is 0 Å². The van der Waals surface area contributed by atoms with E-state index in [1.807, 2.05) is 20.8 Å². The van der Waals surface area contributed by atoms with Crippen molar-refractivity contribution in [2.24, 2.45) is 11.3 Å². The number of hydrogen-bond acceptors (Lipinski definition) is 2. The van der Waals surface area contributed by atoms with Crippen molar-refractivity contribution >= 4 is 5.91 Å². The van der Waals surface area contributed by atoms with Gasteiger partial charge in [0.1, 0.15) is 0 Å². The Kier molecular flexibility index (Phi) is 3.76. The number of likely N-dealkylation sites (tertiary alicyclic amines) is 1. The highest BCUT2D eigenvalue weighted by Gasteiger charge is 2.38. The molecule has 0 bridgehead atoms. The Morgan fingerprint density at radius 3 is 2.59 bits per heavy atom. The number of nitrogens with zero attached hydrogens (tertiary/aromatic N) is 1. The van der Waals surface area contributed by atoms with Gasteiger partial charge in [-0.1, -0.05) is 20.8 Å². The van der Waals surface area contributed by atoms with Crippen LogP contribution in [0, 0.1) is 11.3 Å². The number of amides is 1. The molecule has 98 valence electrons. The van der Waals surface area contributed by atoms with E-state index in [0.717, 1.165) is 19.6 Å². The first-order valence-corrected chi connectivity index (χ1v) is 7.02. The van der Waals surface area contributed by atoms with Gasteiger partial charge in [0, 0.05) is 18.0 Å². The van der Waals surface area contributed by atoms with E-state index in [9.17, 15) is 4.79 Å². The van der Waals surface area contributed by atoms with Crippen LogP contribution in [0.25, 0.3) is 0 Å². The minimum Gasteiger partial charge on any atom is -0.339 e. The molecule has 2 aliphatic rings. The van der Waals surface area contributed by atoms with Crippen LogP contribution in [-0.2, 0) is 4.79 Å². The van der Waals surface area contributed by atoms with Crippen LogP contribution >= 0.6 is 0 Å². The molecule has 3 nitrogen and oxygen atoms in total. The van der Waals surface area contributed by atoms with Crippen LogP contribution in [0.4, 0.5) is 0 Å². The molecule has 0 spiro atoms. The fraction of sp³-hybridized carbons (Fsp3) is 0.929. The van der Waals surface area contributed by atoms with Gasteiger partial charge in [-0.25, -0.2) is 0 Å². The van der Waals surface area contributed by atoms with Crippen molar-refractivity contribution in [3.05, 3.63) is 0 Å². The molecule has 2 rings (SSSR count). The lowest BCUT2D eigenvalue weighted by atomic mass is 9.88. The zero-order valence-corrected chi connectivity index (χ0v) is 11.5. The minimum absolute atomic E-state index is 0.231. The van der Waals surface area contributed by atoms with Gasteiger partial charge in [0.25, 0.3) is 0 Å². The third-order valence-electron chi connectivity index (χ3n) is 4.08. The number of piperidine rings is 1. The lowest BCUT2D eigenvalue weighted by Gasteiger charge is -2.37. The summed E-state index contributed by atoms with van der Waals surface area (Å²) in [6.07, 6.45) is 4.93. The summed E-state index contributed by atoms with van der Waals surface area (Å²) in [6.45, 7) is 9.31. The number of hydrogen-bond donors (Lipinski definition) is 1. The topological polar surface area (TPSA) is 32.3 Å². The van der Waals surface area contributed by atoms with E-state index in [1.165, 1.54) is 25.7 Å². The molecular formula is C14H26N2O. The first-order chi connectivity index (χ1) is 8.00. The molecule has 17 heavy (non-hydrogen) atoms. The van der Waals surface area contributed by atoms with Crippen LogP contribution in [0.2, 0.25) is 0 Å². The first-order valence-electron chi connectivity index (χ1n) is 7.02. The molecule has 0 aromatic heterocycles. The van der Waals surface area contributed by atoms with Gasteiger partial charge in [0.05, 0.1) is 0 Å². The second-order valence-corrected chi connectivity index (χ2v) is 6.56. The lowest BCUT2D eigenvalue weighted by Crippen LogP contribution is -2.48. The van der Waals surface area contributed by atoms with Gasteiger partial charge in [-0.15, -0.1) is 0 Å². The Bertz CT molecular complexity index is 276. The Morgan fingerprint density at radius 2 is 2.00 bits per heavy atom. The van der Waals surface area contributed by atoms with Crippen LogP contribution < -0.4 is 5.32 Å². The van der Waals surface area contributed by atoms with E-state index in [-0.39, 0.29) is 5.41 Å². The molecule has 2 atom stereocenters. The predicted molar refractivity (Wildman–Crippen MR) is 69.8 cm³/mol. The molecule has 1 N–H and O–H groups in total. The van der Waals surface area contributed by atoms with Crippen LogP contribution in [0.5, 0.6) is 0 Å². The van der Waals surface area contributed by atoms with E-state index >= 15 is 0 Å². The molecular weight excluding hydrogens is 212 g/mol. The normalized spacial score (nSPS) is 30.6. The summed E-state index contributed by atoms with van der Waals surface area (Å²) in [5, 5.41) is 3.47. The number of rotatable bonds is 1. The Balaban J connectivity index is 2.04. The van der Waals surface area contributed by atoms with E-state index in [2.05, 4.69) is 10.2 Å². The van der Waals surface area contributed by atoms with Gasteiger partial charge in [0.15, 0.2) is 0 Å². The third-order valence-corrected chi connectivity index (χ3v) is 4.08. The van der Waals surface area contributed by atoms with Gasteiger partial charge in [-0.3, -0.25) is 4.79 Å². The third kappa shape index (κ3) is 2.82. The fourth-order valence-corrected chi connectivity index (χ4v) is 3.17. The molecule has 3 heteroatoms. The van der Waals surface area contributed by atoms with Crippen LogP contribution in [0.3, 0.4) is 0 Å². The second-order valence-electron chi connectivity index (χ2n) is 6.56. The van der Waals surface area contributed by atoms with Crippen molar-refractivity contribution in [1.29, 1.82) is 0 Å². The second kappa shape index (κ2) is 4.97. The summed E-state index contributed by atoms with van der Waals surface area (Å²) in [4.78, 5) is 14.6. The highest BCUT2D eigenvalue weighted by Crippen LogP contribution is 2.31. The van der Waals surface area contributed by atoms with Gasteiger partial charge in [0.2, 0.25) is 5.91 Å². The molecule has 0 aromatic carbocycles. The van der Waals surface area contributed by atoms with Gasteiger partial charge in [-0.2, -0.15) is 0 Å². The largest absolute Gasteiger partial charge is 0.339 e. The number of carbonyl (C=O) groups excluding carboxylic acids is 1. The minimum atomic E-state index is -0.231. The van der Waals surface area contributed by atoms with Gasteiger partial charge in [-0.05, 0) is 44.7 Å². The van der Waals surface area contributed by atoms with Crippen molar-refractivity contribution in [1.82, 2.24) is 10.2 Å². The average molecular weight is 238 g/mol. The predicted octanol–water partition coefficient (Wildman–Crippen LogP) is 2.02. The van der Waals surface area contributed by atoms with Crippen molar-refractivity contribution in [3.8, 4) is 0 Å². The highest BCUT2D eigenvalue weighted by atomic mass is 16.2. The maximum Gasteiger partial charge on any atom is 0.228 e. The number of nitrogens with one attached hydrogen (secondary N) is 1. The first kappa shape index (κ1) is 12.9. The van der Waals surface area contributed by atoms with Crippen molar-refractivity contribution in [2.75, 3.05) is 19.6 Å². The maximum atomic E-state index is 12.4. The molecule has 2 heterocycles. The zero-order valence-electron chi connectivity index (χ0n) is 11.5. The average Bonchev–Trinajstić information content (AvgIpc) is 2.76.